The van der Waals surface area contributed by atoms with Crippen molar-refractivity contribution in [3.8, 4) is 5.75 Å². The summed E-state index contributed by atoms with van der Waals surface area (Å²) in [5.74, 6) is -0.156. The zero-order valence-corrected chi connectivity index (χ0v) is 12.4. The number of rotatable bonds is 5. The minimum Gasteiger partial charge on any atom is -0.488 e. The monoisotopic (exact) mass is 308 g/mol. The van der Waals surface area contributed by atoms with Crippen molar-refractivity contribution in [3.63, 3.8) is 0 Å². The molecule has 0 atom stereocenters. The highest BCUT2D eigenvalue weighted by atomic mass is 35.5. The van der Waals surface area contributed by atoms with Gasteiger partial charge in [-0.05, 0) is 53.8 Å². The van der Waals surface area contributed by atoms with Crippen LogP contribution in [0.15, 0.2) is 35.7 Å². The summed E-state index contributed by atoms with van der Waals surface area (Å²) in [6, 6.07) is 7.40. The van der Waals surface area contributed by atoms with Gasteiger partial charge in [0.1, 0.15) is 12.4 Å². The molecule has 0 aliphatic heterocycles. The first-order valence-corrected chi connectivity index (χ1v) is 7.18. The molecule has 104 valence electrons. The lowest BCUT2D eigenvalue weighted by molar-refractivity contribution is -0.131. The molecule has 0 amide bonds. The molecule has 0 aliphatic rings. The van der Waals surface area contributed by atoms with E-state index in [0.29, 0.717) is 11.6 Å². The standard InChI is InChI=1S/C15H13ClO3S/c1-10-6-12(16)3-4-14(10)19-8-13-7-11(9-20-13)2-5-15(17)18/h2-7,9H,8H2,1H3,(H,17,18). The van der Waals surface area contributed by atoms with E-state index < -0.39 is 5.97 Å². The Bertz CT molecular complexity index is 646. The Labute approximate surface area is 126 Å². The van der Waals surface area contributed by atoms with E-state index in [1.807, 2.05) is 30.5 Å². The average molecular weight is 309 g/mol. The van der Waals surface area contributed by atoms with Gasteiger partial charge in [-0.25, -0.2) is 4.79 Å². The second-order valence-corrected chi connectivity index (χ2v) is 5.65. The summed E-state index contributed by atoms with van der Waals surface area (Å²) in [5, 5.41) is 11.2. The maximum atomic E-state index is 10.4. The van der Waals surface area contributed by atoms with E-state index in [1.54, 1.807) is 12.1 Å². The molecule has 0 aliphatic carbocycles. The maximum absolute atomic E-state index is 10.4. The number of thiophene rings is 1. The first-order valence-electron chi connectivity index (χ1n) is 5.92. The predicted octanol–water partition coefficient (Wildman–Crippen LogP) is 4.39. The normalized spacial score (nSPS) is 10.9. The summed E-state index contributed by atoms with van der Waals surface area (Å²) in [6.45, 7) is 2.39. The molecule has 0 fully saturated rings. The van der Waals surface area contributed by atoms with Crippen molar-refractivity contribution < 1.29 is 14.6 Å². The van der Waals surface area contributed by atoms with Crippen LogP contribution in [0.5, 0.6) is 5.75 Å². The van der Waals surface area contributed by atoms with Crippen LogP contribution in [0.3, 0.4) is 0 Å². The third kappa shape index (κ3) is 4.11. The molecule has 5 heteroatoms. The second-order valence-electron chi connectivity index (χ2n) is 4.22. The van der Waals surface area contributed by atoms with Crippen molar-refractivity contribution in [2.45, 2.75) is 13.5 Å². The van der Waals surface area contributed by atoms with E-state index >= 15 is 0 Å². The smallest absolute Gasteiger partial charge is 0.328 e. The molecule has 2 aromatic rings. The molecule has 1 N–H and O–H groups in total. The third-order valence-corrected chi connectivity index (χ3v) is 3.76. The Morgan fingerprint density at radius 2 is 2.25 bits per heavy atom. The lowest BCUT2D eigenvalue weighted by atomic mass is 10.2. The molecule has 3 nitrogen and oxygen atoms in total. The average Bonchev–Trinajstić information content (AvgIpc) is 2.83. The SMILES string of the molecule is Cc1cc(Cl)ccc1OCc1cc(C=CC(=O)O)cs1. The highest BCUT2D eigenvalue weighted by Crippen LogP contribution is 2.24. The fourth-order valence-corrected chi connectivity index (χ4v) is 2.64. The fourth-order valence-electron chi connectivity index (χ4n) is 1.65. The van der Waals surface area contributed by atoms with Gasteiger partial charge in [0.2, 0.25) is 0 Å². The van der Waals surface area contributed by atoms with Gasteiger partial charge in [-0.3, -0.25) is 0 Å². The Morgan fingerprint density at radius 1 is 1.45 bits per heavy atom. The number of benzene rings is 1. The molecule has 0 bridgehead atoms. The number of aliphatic carboxylic acids is 1. The van der Waals surface area contributed by atoms with Crippen LogP contribution in [-0.2, 0) is 11.4 Å². The van der Waals surface area contributed by atoms with Crippen molar-refractivity contribution in [2.24, 2.45) is 0 Å². The summed E-state index contributed by atoms with van der Waals surface area (Å²) < 4.78 is 5.73. The van der Waals surface area contributed by atoms with Gasteiger partial charge in [0.05, 0.1) is 0 Å². The number of halogens is 1. The lowest BCUT2D eigenvalue weighted by Crippen LogP contribution is -1.94. The maximum Gasteiger partial charge on any atom is 0.328 e. The quantitative estimate of drug-likeness (QED) is 0.833. The van der Waals surface area contributed by atoms with E-state index in [-0.39, 0.29) is 0 Å². The number of aryl methyl sites for hydroxylation is 1. The number of hydrogen-bond donors (Lipinski definition) is 1. The van der Waals surface area contributed by atoms with Crippen molar-refractivity contribution in [3.05, 3.63) is 56.7 Å². The highest BCUT2D eigenvalue weighted by Gasteiger charge is 2.03. The molecule has 1 heterocycles. The van der Waals surface area contributed by atoms with E-state index in [9.17, 15) is 4.79 Å². The van der Waals surface area contributed by atoms with Gasteiger partial charge in [0, 0.05) is 16.0 Å². The number of hydrogen-bond acceptors (Lipinski definition) is 3. The van der Waals surface area contributed by atoms with Crippen molar-refractivity contribution in [1.29, 1.82) is 0 Å². The summed E-state index contributed by atoms with van der Waals surface area (Å²) in [5.41, 5.74) is 1.85. The zero-order chi connectivity index (χ0) is 14.5. The molecule has 1 aromatic carbocycles. The van der Waals surface area contributed by atoms with E-state index in [1.165, 1.54) is 11.3 Å². The first kappa shape index (κ1) is 14.6. The lowest BCUT2D eigenvalue weighted by Gasteiger charge is -2.07. The fraction of sp³-hybridized carbons (Fsp3) is 0.133. The van der Waals surface area contributed by atoms with Crippen LogP contribution in [0.1, 0.15) is 16.0 Å². The molecule has 0 radical (unpaired) electrons. The Balaban J connectivity index is 1.99. The summed E-state index contributed by atoms with van der Waals surface area (Å²) in [7, 11) is 0. The van der Waals surface area contributed by atoms with Crippen LogP contribution < -0.4 is 4.74 Å². The minimum atomic E-state index is -0.953. The summed E-state index contributed by atoms with van der Waals surface area (Å²) >= 11 is 7.42. The van der Waals surface area contributed by atoms with Crippen LogP contribution in [0, 0.1) is 6.92 Å². The van der Waals surface area contributed by atoms with Crippen LogP contribution in [0.4, 0.5) is 0 Å². The number of carbonyl (C=O) groups is 1. The molecule has 20 heavy (non-hydrogen) atoms. The van der Waals surface area contributed by atoms with E-state index in [0.717, 1.165) is 27.8 Å². The van der Waals surface area contributed by atoms with Crippen molar-refractivity contribution in [1.82, 2.24) is 0 Å². The molecule has 1 aromatic heterocycles. The van der Waals surface area contributed by atoms with Crippen LogP contribution in [0.2, 0.25) is 5.02 Å². The van der Waals surface area contributed by atoms with Gasteiger partial charge in [-0.2, -0.15) is 0 Å². The number of ether oxygens (including phenoxy) is 1. The van der Waals surface area contributed by atoms with Gasteiger partial charge >= 0.3 is 5.97 Å². The molecule has 2 rings (SSSR count). The summed E-state index contributed by atoms with van der Waals surface area (Å²) in [6.07, 6.45) is 2.69. The summed E-state index contributed by atoms with van der Waals surface area (Å²) in [4.78, 5) is 11.5. The van der Waals surface area contributed by atoms with Gasteiger partial charge in [-0.15, -0.1) is 11.3 Å². The Morgan fingerprint density at radius 3 is 2.95 bits per heavy atom. The third-order valence-electron chi connectivity index (χ3n) is 2.60. The molecular formula is C15H13ClO3S. The van der Waals surface area contributed by atoms with Crippen LogP contribution >= 0.6 is 22.9 Å². The molecular weight excluding hydrogens is 296 g/mol. The topological polar surface area (TPSA) is 46.5 Å². The van der Waals surface area contributed by atoms with Gasteiger partial charge in [0.25, 0.3) is 0 Å². The van der Waals surface area contributed by atoms with E-state index in [4.69, 9.17) is 21.4 Å². The second kappa shape index (κ2) is 6.59. The first-order chi connectivity index (χ1) is 9.54. The van der Waals surface area contributed by atoms with Crippen molar-refractivity contribution >= 4 is 35.0 Å². The highest BCUT2D eigenvalue weighted by molar-refractivity contribution is 7.10. The van der Waals surface area contributed by atoms with Crippen molar-refractivity contribution in [2.75, 3.05) is 0 Å². The molecule has 0 spiro atoms. The van der Waals surface area contributed by atoms with Gasteiger partial charge in [-0.1, -0.05) is 11.6 Å². The Kier molecular flexibility index (Phi) is 4.82. The number of carboxylic acid groups (broad SMARTS) is 1. The molecule has 0 saturated heterocycles. The molecule has 0 saturated carbocycles. The van der Waals surface area contributed by atoms with Gasteiger partial charge < -0.3 is 9.84 Å². The minimum absolute atomic E-state index is 0.452. The number of carboxylic acids is 1. The largest absolute Gasteiger partial charge is 0.488 e. The predicted molar refractivity (Wildman–Crippen MR) is 81.5 cm³/mol. The molecule has 0 unspecified atom stereocenters. The van der Waals surface area contributed by atoms with Gasteiger partial charge in [0.15, 0.2) is 0 Å². The zero-order valence-electron chi connectivity index (χ0n) is 10.8. The van der Waals surface area contributed by atoms with E-state index in [2.05, 4.69) is 0 Å². The van der Waals surface area contributed by atoms with Crippen LogP contribution in [-0.4, -0.2) is 11.1 Å². The Hall–Kier alpha value is -1.78. The van der Waals surface area contributed by atoms with Crippen LogP contribution in [0.25, 0.3) is 6.08 Å².